The van der Waals surface area contributed by atoms with Crippen LogP contribution in [0.5, 0.6) is 0 Å². The zero-order valence-electron chi connectivity index (χ0n) is 13.6. The maximum absolute atomic E-state index is 11.7. The lowest BCUT2D eigenvalue weighted by Gasteiger charge is -2.14. The number of nitrogens with zero attached hydrogens (tertiary/aromatic N) is 4. The van der Waals surface area contributed by atoms with Gasteiger partial charge >= 0.3 is 0 Å². The molecule has 3 rings (SSSR count). The van der Waals surface area contributed by atoms with Crippen LogP contribution in [0.1, 0.15) is 63.9 Å². The summed E-state index contributed by atoms with van der Waals surface area (Å²) in [5.41, 5.74) is 7.75. The molecule has 1 saturated carbocycles. The van der Waals surface area contributed by atoms with Crippen LogP contribution in [0.3, 0.4) is 0 Å². The summed E-state index contributed by atoms with van der Waals surface area (Å²) in [6, 6.07) is 0. The second kappa shape index (κ2) is 5.04. The number of hydrogen-bond donors (Lipinski definition) is 1. The van der Waals surface area contributed by atoms with Crippen molar-refractivity contribution in [3.05, 3.63) is 17.8 Å². The largest absolute Gasteiger partial charge is 0.369 e. The molecular formula is C16H23N5O. The highest BCUT2D eigenvalue weighted by atomic mass is 16.1. The highest BCUT2D eigenvalue weighted by molar-refractivity contribution is 5.84. The predicted octanol–water partition coefficient (Wildman–Crippen LogP) is 2.34. The van der Waals surface area contributed by atoms with Crippen LogP contribution in [0.25, 0.3) is 11.2 Å². The summed E-state index contributed by atoms with van der Waals surface area (Å²) in [5.74, 6) is 1.12. The van der Waals surface area contributed by atoms with Crippen LogP contribution in [-0.4, -0.2) is 25.4 Å². The molecule has 1 aliphatic carbocycles. The van der Waals surface area contributed by atoms with E-state index in [0.717, 1.165) is 35.5 Å². The molecule has 0 atom stereocenters. The third kappa shape index (κ3) is 2.36. The van der Waals surface area contributed by atoms with Gasteiger partial charge in [-0.15, -0.1) is 0 Å². The Morgan fingerprint density at radius 1 is 1.27 bits per heavy atom. The summed E-state index contributed by atoms with van der Waals surface area (Å²) in [4.78, 5) is 25.5. The zero-order valence-corrected chi connectivity index (χ0v) is 13.6. The summed E-state index contributed by atoms with van der Waals surface area (Å²) in [6.07, 6.45) is 3.46. The number of carbonyl (C=O) groups is 1. The molecule has 6 nitrogen and oxygen atoms in total. The Kier molecular flexibility index (Phi) is 3.42. The number of primary amides is 1. The number of fused-ring (bicyclic) bond motifs is 1. The van der Waals surface area contributed by atoms with E-state index < -0.39 is 5.41 Å². The molecule has 118 valence electrons. The monoisotopic (exact) mass is 301 g/mol. The van der Waals surface area contributed by atoms with Crippen molar-refractivity contribution in [2.75, 3.05) is 0 Å². The Bertz CT molecular complexity index is 727. The number of aromatic nitrogens is 4. The maximum Gasteiger partial charge on any atom is 0.225 e. The lowest BCUT2D eigenvalue weighted by molar-refractivity contribution is -0.123. The van der Waals surface area contributed by atoms with Gasteiger partial charge in [0, 0.05) is 12.5 Å². The fourth-order valence-corrected chi connectivity index (χ4v) is 2.72. The second-order valence-electron chi connectivity index (χ2n) is 6.97. The van der Waals surface area contributed by atoms with Crippen LogP contribution in [0, 0.1) is 5.41 Å². The third-order valence-corrected chi connectivity index (χ3v) is 4.42. The van der Waals surface area contributed by atoms with Crippen molar-refractivity contribution in [2.45, 2.75) is 58.9 Å². The number of imidazole rings is 1. The van der Waals surface area contributed by atoms with Crippen LogP contribution in [-0.2, 0) is 11.3 Å². The summed E-state index contributed by atoms with van der Waals surface area (Å²) in [6.45, 7) is 8.94. The van der Waals surface area contributed by atoms with Crippen molar-refractivity contribution in [2.24, 2.45) is 11.1 Å². The molecule has 0 aromatic carbocycles. The molecule has 0 radical (unpaired) electrons. The molecule has 0 spiro atoms. The van der Waals surface area contributed by atoms with E-state index in [1.165, 1.54) is 0 Å². The molecule has 6 heteroatoms. The van der Waals surface area contributed by atoms with Crippen molar-refractivity contribution in [1.29, 1.82) is 0 Å². The van der Waals surface area contributed by atoms with Crippen LogP contribution < -0.4 is 5.73 Å². The Hall–Kier alpha value is -1.98. The van der Waals surface area contributed by atoms with Gasteiger partial charge < -0.3 is 10.3 Å². The molecule has 1 amide bonds. The maximum atomic E-state index is 11.7. The van der Waals surface area contributed by atoms with Gasteiger partial charge in [0.05, 0.1) is 17.4 Å². The number of rotatable bonds is 5. The fourth-order valence-electron chi connectivity index (χ4n) is 2.72. The standard InChI is InChI=1S/C16H23N5O/c1-9(2)11-12-14(20-13(19-11)10(3)4)21(8-18-12)7-16(5-6-16)15(17)22/h8-10H,5-7H2,1-4H3,(H2,17,22). The minimum atomic E-state index is -0.408. The molecule has 1 aliphatic rings. The van der Waals surface area contributed by atoms with Gasteiger partial charge in [-0.25, -0.2) is 15.0 Å². The van der Waals surface area contributed by atoms with E-state index in [1.807, 2.05) is 4.57 Å². The number of carbonyl (C=O) groups excluding carboxylic acids is 1. The Labute approximate surface area is 130 Å². The normalized spacial score (nSPS) is 16.6. The topological polar surface area (TPSA) is 86.7 Å². The van der Waals surface area contributed by atoms with Gasteiger partial charge in [0.1, 0.15) is 11.3 Å². The van der Waals surface area contributed by atoms with Gasteiger partial charge in [-0.1, -0.05) is 27.7 Å². The van der Waals surface area contributed by atoms with E-state index in [2.05, 4.69) is 42.6 Å². The lowest BCUT2D eigenvalue weighted by atomic mass is 10.1. The van der Waals surface area contributed by atoms with Crippen molar-refractivity contribution in [1.82, 2.24) is 19.5 Å². The molecule has 0 aliphatic heterocycles. The van der Waals surface area contributed by atoms with E-state index in [1.54, 1.807) is 6.33 Å². The molecule has 2 aromatic rings. The highest BCUT2D eigenvalue weighted by Gasteiger charge is 2.49. The molecule has 0 unspecified atom stereocenters. The molecule has 2 N–H and O–H groups in total. The van der Waals surface area contributed by atoms with Crippen LogP contribution in [0.15, 0.2) is 6.33 Å². The summed E-state index contributed by atoms with van der Waals surface area (Å²) < 4.78 is 1.96. The molecule has 2 aromatic heterocycles. The molecule has 0 saturated heterocycles. The molecule has 1 fully saturated rings. The Morgan fingerprint density at radius 3 is 2.45 bits per heavy atom. The van der Waals surface area contributed by atoms with E-state index >= 15 is 0 Å². The smallest absolute Gasteiger partial charge is 0.225 e. The first kappa shape index (κ1) is 14.9. The average Bonchev–Trinajstić information content (AvgIpc) is 3.13. The van der Waals surface area contributed by atoms with E-state index in [9.17, 15) is 4.79 Å². The summed E-state index contributed by atoms with van der Waals surface area (Å²) in [7, 11) is 0. The van der Waals surface area contributed by atoms with Crippen molar-refractivity contribution in [3.63, 3.8) is 0 Å². The van der Waals surface area contributed by atoms with Gasteiger partial charge in [-0.3, -0.25) is 4.79 Å². The minimum Gasteiger partial charge on any atom is -0.369 e. The van der Waals surface area contributed by atoms with E-state index in [4.69, 9.17) is 5.73 Å². The van der Waals surface area contributed by atoms with Gasteiger partial charge in [0.15, 0.2) is 5.65 Å². The Balaban J connectivity index is 2.11. The van der Waals surface area contributed by atoms with E-state index in [0.29, 0.717) is 6.54 Å². The van der Waals surface area contributed by atoms with Gasteiger partial charge in [-0.2, -0.15) is 0 Å². The SMILES string of the molecule is CC(C)c1nc(C(C)C)c2ncn(CC3(C(N)=O)CC3)c2n1. The van der Waals surface area contributed by atoms with Crippen molar-refractivity contribution < 1.29 is 4.79 Å². The predicted molar refractivity (Wildman–Crippen MR) is 84.4 cm³/mol. The summed E-state index contributed by atoms with van der Waals surface area (Å²) in [5, 5.41) is 0. The van der Waals surface area contributed by atoms with Crippen molar-refractivity contribution in [3.8, 4) is 0 Å². The van der Waals surface area contributed by atoms with Crippen LogP contribution in [0.4, 0.5) is 0 Å². The van der Waals surface area contributed by atoms with Gasteiger partial charge in [0.25, 0.3) is 0 Å². The molecular weight excluding hydrogens is 278 g/mol. The van der Waals surface area contributed by atoms with Crippen LogP contribution >= 0.6 is 0 Å². The first-order valence-corrected chi connectivity index (χ1v) is 7.86. The number of nitrogens with two attached hydrogens (primary N) is 1. The third-order valence-electron chi connectivity index (χ3n) is 4.42. The number of hydrogen-bond acceptors (Lipinski definition) is 4. The van der Waals surface area contributed by atoms with Crippen molar-refractivity contribution >= 4 is 17.1 Å². The average molecular weight is 301 g/mol. The Morgan fingerprint density at radius 2 is 1.95 bits per heavy atom. The second-order valence-corrected chi connectivity index (χ2v) is 6.97. The lowest BCUT2D eigenvalue weighted by Crippen LogP contribution is -2.28. The first-order valence-electron chi connectivity index (χ1n) is 7.86. The van der Waals surface area contributed by atoms with Gasteiger partial charge in [0.2, 0.25) is 5.91 Å². The molecule has 2 heterocycles. The molecule has 0 bridgehead atoms. The van der Waals surface area contributed by atoms with Crippen LogP contribution in [0.2, 0.25) is 0 Å². The zero-order chi connectivity index (χ0) is 16.1. The fraction of sp³-hybridized carbons (Fsp3) is 0.625. The number of amides is 1. The summed E-state index contributed by atoms with van der Waals surface area (Å²) >= 11 is 0. The van der Waals surface area contributed by atoms with Gasteiger partial charge in [-0.05, 0) is 18.8 Å². The van der Waals surface area contributed by atoms with E-state index in [-0.39, 0.29) is 17.7 Å². The highest BCUT2D eigenvalue weighted by Crippen LogP contribution is 2.47. The quantitative estimate of drug-likeness (QED) is 0.918. The minimum absolute atomic E-state index is 0.225. The first-order chi connectivity index (χ1) is 10.3. The molecule has 22 heavy (non-hydrogen) atoms.